The molecule has 0 spiro atoms. The summed E-state index contributed by atoms with van der Waals surface area (Å²) in [6.45, 7) is 9.19. The molecule has 14 heavy (non-hydrogen) atoms. The molecule has 2 heteroatoms. The molecule has 0 aromatic rings. The lowest BCUT2D eigenvalue weighted by Gasteiger charge is -2.20. The van der Waals surface area contributed by atoms with Crippen molar-refractivity contribution in [2.75, 3.05) is 12.0 Å². The van der Waals surface area contributed by atoms with Gasteiger partial charge in [0, 0.05) is 12.1 Å². The quantitative estimate of drug-likeness (QED) is 0.667. The minimum absolute atomic E-state index is 0.671. The fourth-order valence-corrected chi connectivity index (χ4v) is 2.12. The molecule has 0 amide bonds. The largest absolute Gasteiger partial charge is 0.312 e. The topological polar surface area (TPSA) is 12.0 Å². The molecule has 0 bridgehead atoms. The smallest absolute Gasteiger partial charge is 0.00490 e. The van der Waals surface area contributed by atoms with Gasteiger partial charge in [0.1, 0.15) is 0 Å². The van der Waals surface area contributed by atoms with Gasteiger partial charge in [-0.2, -0.15) is 11.8 Å². The van der Waals surface area contributed by atoms with Crippen LogP contribution in [-0.2, 0) is 0 Å². The summed E-state index contributed by atoms with van der Waals surface area (Å²) < 4.78 is 0. The van der Waals surface area contributed by atoms with Gasteiger partial charge in [-0.05, 0) is 51.0 Å². The molecule has 1 N–H and O–H groups in total. The second kappa shape index (κ2) is 8.60. The van der Waals surface area contributed by atoms with E-state index < -0.39 is 0 Å². The van der Waals surface area contributed by atoms with Crippen molar-refractivity contribution in [3.05, 3.63) is 0 Å². The van der Waals surface area contributed by atoms with E-state index in [1.165, 1.54) is 25.0 Å². The number of hydrogen-bond acceptors (Lipinski definition) is 2. The Morgan fingerprint density at radius 1 is 0.929 bits per heavy atom. The molecule has 0 radical (unpaired) electrons. The summed E-state index contributed by atoms with van der Waals surface area (Å²) in [6.07, 6.45) is 6.10. The molecule has 0 saturated heterocycles. The number of hydrogen-bond donors (Lipinski definition) is 1. The zero-order valence-electron chi connectivity index (χ0n) is 10.5. The maximum atomic E-state index is 3.66. The minimum atomic E-state index is 0.671. The van der Waals surface area contributed by atoms with Crippen LogP contribution in [0.4, 0.5) is 0 Å². The Hall–Kier alpha value is 0.310. The van der Waals surface area contributed by atoms with Gasteiger partial charge in [-0.25, -0.2) is 0 Å². The van der Waals surface area contributed by atoms with Crippen molar-refractivity contribution in [2.24, 2.45) is 5.92 Å². The van der Waals surface area contributed by atoms with Crippen molar-refractivity contribution in [3.8, 4) is 0 Å². The van der Waals surface area contributed by atoms with Gasteiger partial charge >= 0.3 is 0 Å². The maximum Gasteiger partial charge on any atom is 0.00490 e. The fourth-order valence-electron chi connectivity index (χ4n) is 1.53. The lowest BCUT2D eigenvalue weighted by molar-refractivity contribution is 0.407. The van der Waals surface area contributed by atoms with Crippen molar-refractivity contribution >= 4 is 11.8 Å². The Labute approximate surface area is 94.4 Å². The molecule has 0 aliphatic heterocycles. The molecule has 2 unspecified atom stereocenters. The van der Waals surface area contributed by atoms with Crippen molar-refractivity contribution in [2.45, 2.75) is 59.0 Å². The molecular formula is C12H27NS. The predicted octanol–water partition coefficient (Wildman–Crippen LogP) is 3.54. The zero-order chi connectivity index (χ0) is 11.0. The summed E-state index contributed by atoms with van der Waals surface area (Å²) >= 11 is 1.94. The van der Waals surface area contributed by atoms with Crippen molar-refractivity contribution in [3.63, 3.8) is 0 Å². The summed E-state index contributed by atoms with van der Waals surface area (Å²) in [5.41, 5.74) is 0. The Kier molecular flexibility index (Phi) is 8.80. The zero-order valence-corrected chi connectivity index (χ0v) is 11.3. The van der Waals surface area contributed by atoms with E-state index >= 15 is 0 Å². The average molecular weight is 217 g/mol. The van der Waals surface area contributed by atoms with Crippen LogP contribution < -0.4 is 5.32 Å². The first-order valence-electron chi connectivity index (χ1n) is 5.81. The van der Waals surface area contributed by atoms with Crippen LogP contribution in [0.3, 0.4) is 0 Å². The SMILES string of the molecule is CSCCC(C)NC(C)CCC(C)C. The summed E-state index contributed by atoms with van der Waals surface area (Å²) in [5, 5.41) is 3.66. The van der Waals surface area contributed by atoms with Gasteiger partial charge in [0.2, 0.25) is 0 Å². The third-order valence-corrected chi connectivity index (χ3v) is 3.15. The molecule has 0 aliphatic carbocycles. The van der Waals surface area contributed by atoms with E-state index in [1.807, 2.05) is 11.8 Å². The summed E-state index contributed by atoms with van der Waals surface area (Å²) in [4.78, 5) is 0. The molecule has 0 rings (SSSR count). The van der Waals surface area contributed by atoms with Gasteiger partial charge in [-0.15, -0.1) is 0 Å². The van der Waals surface area contributed by atoms with Crippen LogP contribution in [0.1, 0.15) is 47.0 Å². The number of rotatable bonds is 8. The van der Waals surface area contributed by atoms with Gasteiger partial charge in [-0.1, -0.05) is 13.8 Å². The monoisotopic (exact) mass is 217 g/mol. The van der Waals surface area contributed by atoms with E-state index in [0.29, 0.717) is 12.1 Å². The Bertz CT molecular complexity index is 125. The van der Waals surface area contributed by atoms with Crippen molar-refractivity contribution in [1.82, 2.24) is 5.32 Å². The van der Waals surface area contributed by atoms with Crippen LogP contribution in [0.2, 0.25) is 0 Å². The van der Waals surface area contributed by atoms with Crippen LogP contribution >= 0.6 is 11.8 Å². The first-order valence-corrected chi connectivity index (χ1v) is 7.20. The van der Waals surface area contributed by atoms with Gasteiger partial charge in [0.15, 0.2) is 0 Å². The number of thioether (sulfide) groups is 1. The summed E-state index contributed by atoms with van der Waals surface area (Å²) in [5.74, 6) is 2.10. The van der Waals surface area contributed by atoms with E-state index in [9.17, 15) is 0 Å². The van der Waals surface area contributed by atoms with Gasteiger partial charge in [0.05, 0.1) is 0 Å². The highest BCUT2D eigenvalue weighted by Crippen LogP contribution is 2.08. The van der Waals surface area contributed by atoms with Gasteiger partial charge in [0.25, 0.3) is 0 Å². The van der Waals surface area contributed by atoms with Crippen molar-refractivity contribution in [1.29, 1.82) is 0 Å². The molecule has 0 heterocycles. The first-order chi connectivity index (χ1) is 6.56. The van der Waals surface area contributed by atoms with Crippen LogP contribution in [0.25, 0.3) is 0 Å². The van der Waals surface area contributed by atoms with Gasteiger partial charge in [-0.3, -0.25) is 0 Å². The lowest BCUT2D eigenvalue weighted by atomic mass is 10.0. The minimum Gasteiger partial charge on any atom is -0.312 e. The van der Waals surface area contributed by atoms with Crippen LogP contribution in [-0.4, -0.2) is 24.1 Å². The molecule has 0 fully saturated rings. The molecule has 2 atom stereocenters. The van der Waals surface area contributed by atoms with Crippen LogP contribution in [0.5, 0.6) is 0 Å². The predicted molar refractivity (Wildman–Crippen MR) is 69.1 cm³/mol. The standard InChI is InChI=1S/C12H27NS/c1-10(2)6-7-11(3)13-12(4)8-9-14-5/h10-13H,6-9H2,1-5H3. The van der Waals surface area contributed by atoms with E-state index in [2.05, 4.69) is 39.3 Å². The average Bonchev–Trinajstić information content (AvgIpc) is 2.11. The van der Waals surface area contributed by atoms with Gasteiger partial charge < -0.3 is 5.32 Å². The lowest BCUT2D eigenvalue weighted by Crippen LogP contribution is -2.35. The molecule has 0 aromatic carbocycles. The normalized spacial score (nSPS) is 15.9. The van der Waals surface area contributed by atoms with E-state index in [1.54, 1.807) is 0 Å². The third-order valence-electron chi connectivity index (χ3n) is 2.50. The summed E-state index contributed by atoms with van der Waals surface area (Å²) in [7, 11) is 0. The van der Waals surface area contributed by atoms with E-state index in [0.717, 1.165) is 5.92 Å². The maximum absolute atomic E-state index is 3.66. The Balaban J connectivity index is 3.44. The molecular weight excluding hydrogens is 190 g/mol. The number of nitrogens with one attached hydrogen (secondary N) is 1. The first kappa shape index (κ1) is 14.3. The van der Waals surface area contributed by atoms with Crippen molar-refractivity contribution < 1.29 is 0 Å². The molecule has 1 nitrogen and oxygen atoms in total. The molecule has 0 aromatic heterocycles. The van der Waals surface area contributed by atoms with E-state index in [4.69, 9.17) is 0 Å². The molecule has 0 saturated carbocycles. The Morgan fingerprint density at radius 3 is 2.00 bits per heavy atom. The fraction of sp³-hybridized carbons (Fsp3) is 1.00. The van der Waals surface area contributed by atoms with E-state index in [-0.39, 0.29) is 0 Å². The Morgan fingerprint density at radius 2 is 1.50 bits per heavy atom. The van der Waals surface area contributed by atoms with Crippen LogP contribution in [0, 0.1) is 5.92 Å². The highest BCUT2D eigenvalue weighted by molar-refractivity contribution is 7.98. The second-order valence-corrected chi connectivity index (χ2v) is 5.71. The third kappa shape index (κ3) is 8.89. The molecule has 0 aliphatic rings. The molecule has 86 valence electrons. The van der Waals surface area contributed by atoms with Crippen LogP contribution in [0.15, 0.2) is 0 Å². The second-order valence-electron chi connectivity index (χ2n) is 4.72. The summed E-state index contributed by atoms with van der Waals surface area (Å²) in [6, 6.07) is 1.35. The highest BCUT2D eigenvalue weighted by Gasteiger charge is 2.07. The highest BCUT2D eigenvalue weighted by atomic mass is 32.2.